The van der Waals surface area contributed by atoms with Crippen LogP contribution in [0.3, 0.4) is 0 Å². The molecule has 2 rings (SSSR count). The third-order valence-electron chi connectivity index (χ3n) is 4.14. The van der Waals surface area contributed by atoms with Crippen molar-refractivity contribution in [3.05, 3.63) is 35.4 Å². The molecule has 0 spiro atoms. The lowest BCUT2D eigenvalue weighted by atomic mass is 10.0. The molecule has 1 fully saturated rings. The first-order valence-corrected chi connectivity index (χ1v) is 7.40. The molecule has 1 aromatic rings. The van der Waals surface area contributed by atoms with Crippen LogP contribution in [0.2, 0.25) is 0 Å². The van der Waals surface area contributed by atoms with E-state index in [0.717, 1.165) is 24.9 Å². The fourth-order valence-electron chi connectivity index (χ4n) is 2.78. The Morgan fingerprint density at radius 3 is 2.50 bits per heavy atom. The van der Waals surface area contributed by atoms with Crippen LogP contribution in [-0.2, 0) is 4.79 Å². The van der Waals surface area contributed by atoms with Gasteiger partial charge < -0.3 is 10.2 Å². The minimum Gasteiger partial charge on any atom is -0.341 e. The number of alkyl halides is 3. The number of aryl methyl sites for hydroxylation is 1. The summed E-state index contributed by atoms with van der Waals surface area (Å²) in [5.74, 6) is -0.554. The highest BCUT2D eigenvalue weighted by molar-refractivity contribution is 5.77. The summed E-state index contributed by atoms with van der Waals surface area (Å²) in [4.78, 5) is 14.0. The molecule has 1 amide bonds. The minimum atomic E-state index is -4.51. The maximum absolute atomic E-state index is 13.2. The van der Waals surface area contributed by atoms with Gasteiger partial charge in [-0.1, -0.05) is 29.8 Å². The maximum atomic E-state index is 13.2. The van der Waals surface area contributed by atoms with E-state index < -0.39 is 18.1 Å². The van der Waals surface area contributed by atoms with Crippen LogP contribution in [0.1, 0.15) is 36.4 Å². The van der Waals surface area contributed by atoms with Gasteiger partial charge in [0.15, 0.2) is 6.04 Å². The molecule has 122 valence electrons. The molecule has 3 nitrogen and oxygen atoms in total. The number of carbonyl (C=O) groups is 1. The van der Waals surface area contributed by atoms with E-state index in [0.29, 0.717) is 0 Å². The monoisotopic (exact) mass is 314 g/mol. The first-order chi connectivity index (χ1) is 10.3. The Hall–Kier alpha value is -1.56. The van der Waals surface area contributed by atoms with Gasteiger partial charge in [0.25, 0.3) is 0 Å². The minimum absolute atomic E-state index is 0.0342. The number of hydrogen-bond acceptors (Lipinski definition) is 2. The van der Waals surface area contributed by atoms with E-state index in [1.165, 1.54) is 12.1 Å². The molecule has 1 unspecified atom stereocenters. The van der Waals surface area contributed by atoms with Crippen LogP contribution < -0.4 is 5.32 Å². The summed E-state index contributed by atoms with van der Waals surface area (Å²) in [6, 6.07) is 4.14. The van der Waals surface area contributed by atoms with E-state index in [1.54, 1.807) is 19.1 Å². The molecule has 0 aliphatic carbocycles. The predicted octanol–water partition coefficient (Wildman–Crippen LogP) is 3.20. The molecule has 0 aromatic heterocycles. The summed E-state index contributed by atoms with van der Waals surface area (Å²) < 4.78 is 39.7. The number of rotatable bonds is 4. The summed E-state index contributed by atoms with van der Waals surface area (Å²) in [6.45, 7) is 2.69. The fraction of sp³-hybridized carbons (Fsp3) is 0.562. The Kier molecular flexibility index (Phi) is 5.11. The normalized spacial score (nSPS) is 20.9. The second-order valence-corrected chi connectivity index (χ2v) is 5.93. The van der Waals surface area contributed by atoms with Gasteiger partial charge in [0.05, 0.1) is 0 Å². The van der Waals surface area contributed by atoms with E-state index in [4.69, 9.17) is 0 Å². The zero-order chi connectivity index (χ0) is 16.3. The molecule has 1 N–H and O–H groups in total. The zero-order valence-corrected chi connectivity index (χ0v) is 12.8. The van der Waals surface area contributed by atoms with E-state index >= 15 is 0 Å². The molecule has 6 heteroatoms. The first-order valence-electron chi connectivity index (χ1n) is 7.40. The maximum Gasteiger partial charge on any atom is 0.412 e. The van der Waals surface area contributed by atoms with Gasteiger partial charge >= 0.3 is 6.18 Å². The van der Waals surface area contributed by atoms with E-state index in [2.05, 4.69) is 5.32 Å². The van der Waals surface area contributed by atoms with Crippen LogP contribution >= 0.6 is 0 Å². The third-order valence-corrected chi connectivity index (χ3v) is 4.14. The number of carbonyl (C=O) groups excluding carboxylic acids is 1. The molecule has 1 heterocycles. The molecule has 1 aromatic carbocycles. The molecule has 0 saturated carbocycles. The average Bonchev–Trinajstić information content (AvgIpc) is 2.82. The quantitative estimate of drug-likeness (QED) is 0.925. The molecule has 2 atom stereocenters. The molecule has 1 aliphatic heterocycles. The van der Waals surface area contributed by atoms with Crippen molar-refractivity contribution in [1.82, 2.24) is 10.2 Å². The topological polar surface area (TPSA) is 32.3 Å². The second kappa shape index (κ2) is 6.69. The van der Waals surface area contributed by atoms with Crippen molar-refractivity contribution in [3.8, 4) is 0 Å². The summed E-state index contributed by atoms with van der Waals surface area (Å²) >= 11 is 0. The summed E-state index contributed by atoms with van der Waals surface area (Å²) in [6.07, 6.45) is -2.57. The fourth-order valence-corrected chi connectivity index (χ4v) is 2.78. The van der Waals surface area contributed by atoms with Gasteiger partial charge in [-0.25, -0.2) is 0 Å². The predicted molar refractivity (Wildman–Crippen MR) is 78.4 cm³/mol. The smallest absolute Gasteiger partial charge is 0.341 e. The van der Waals surface area contributed by atoms with Gasteiger partial charge in [-0.05, 0) is 38.9 Å². The second-order valence-electron chi connectivity index (χ2n) is 5.93. The molecule has 1 saturated heterocycles. The number of amides is 1. The van der Waals surface area contributed by atoms with Crippen molar-refractivity contribution in [2.45, 2.75) is 44.4 Å². The van der Waals surface area contributed by atoms with E-state index in [-0.39, 0.29) is 18.0 Å². The number of halogens is 3. The Balaban J connectivity index is 2.07. The summed E-state index contributed by atoms with van der Waals surface area (Å²) in [5.41, 5.74) is 0.940. The first kappa shape index (κ1) is 16.8. The molecule has 22 heavy (non-hydrogen) atoms. The van der Waals surface area contributed by atoms with E-state index in [1.807, 2.05) is 11.9 Å². The van der Waals surface area contributed by atoms with Crippen LogP contribution in [0.15, 0.2) is 24.3 Å². The lowest BCUT2D eigenvalue weighted by Crippen LogP contribution is -2.40. The van der Waals surface area contributed by atoms with Crippen LogP contribution in [-0.4, -0.2) is 36.6 Å². The van der Waals surface area contributed by atoms with Gasteiger partial charge in [-0.2, -0.15) is 13.2 Å². The van der Waals surface area contributed by atoms with Crippen molar-refractivity contribution >= 4 is 5.91 Å². The van der Waals surface area contributed by atoms with Crippen LogP contribution in [0, 0.1) is 6.92 Å². The van der Waals surface area contributed by atoms with Gasteiger partial charge in [-0.3, -0.25) is 4.79 Å². The highest BCUT2D eigenvalue weighted by Gasteiger charge is 2.42. The van der Waals surface area contributed by atoms with Crippen molar-refractivity contribution in [2.75, 3.05) is 13.6 Å². The molecular weight excluding hydrogens is 293 g/mol. The Labute approximate surface area is 128 Å². The van der Waals surface area contributed by atoms with Gasteiger partial charge in [-0.15, -0.1) is 0 Å². The van der Waals surface area contributed by atoms with Crippen molar-refractivity contribution < 1.29 is 18.0 Å². The Bertz CT molecular complexity index is 513. The lowest BCUT2D eigenvalue weighted by molar-refractivity contribution is -0.163. The molecule has 0 bridgehead atoms. The van der Waals surface area contributed by atoms with Crippen LogP contribution in [0.25, 0.3) is 0 Å². The van der Waals surface area contributed by atoms with E-state index in [9.17, 15) is 18.0 Å². The van der Waals surface area contributed by atoms with Gasteiger partial charge in [0, 0.05) is 12.5 Å². The molecule has 1 aliphatic rings. The zero-order valence-electron chi connectivity index (χ0n) is 12.8. The average molecular weight is 314 g/mol. The van der Waals surface area contributed by atoms with Crippen molar-refractivity contribution in [3.63, 3.8) is 0 Å². The highest BCUT2D eigenvalue weighted by atomic mass is 19.4. The number of nitrogens with zero attached hydrogens (tertiary/aromatic N) is 1. The number of nitrogens with one attached hydrogen (secondary N) is 1. The van der Waals surface area contributed by atoms with Crippen LogP contribution in [0.4, 0.5) is 13.2 Å². The third kappa shape index (κ3) is 4.22. The van der Waals surface area contributed by atoms with Crippen LogP contribution in [0.5, 0.6) is 0 Å². The van der Waals surface area contributed by atoms with Gasteiger partial charge in [0.1, 0.15) is 0 Å². The van der Waals surface area contributed by atoms with Crippen molar-refractivity contribution in [2.24, 2.45) is 0 Å². The standard InChI is InChI=1S/C16H21F3N2O/c1-11-5-7-12(8-6-11)15(16(17,18)19)20-14(22)10-13-4-3-9-21(13)2/h5-8,13,15H,3-4,9-10H2,1-2H3,(H,20,22)/t13-,15?/m0/s1. The number of hydrogen-bond donors (Lipinski definition) is 1. The Morgan fingerprint density at radius 1 is 1.36 bits per heavy atom. The summed E-state index contributed by atoms with van der Waals surface area (Å²) in [7, 11) is 1.90. The SMILES string of the molecule is Cc1ccc(C(NC(=O)C[C@@H]2CCCN2C)C(F)(F)F)cc1. The van der Waals surface area contributed by atoms with Crippen molar-refractivity contribution in [1.29, 1.82) is 0 Å². The highest BCUT2D eigenvalue weighted by Crippen LogP contribution is 2.33. The number of likely N-dealkylation sites (tertiary alicyclic amines) is 1. The molecule has 0 radical (unpaired) electrons. The van der Waals surface area contributed by atoms with Gasteiger partial charge in [0.2, 0.25) is 5.91 Å². The molecular formula is C16H21F3N2O. The largest absolute Gasteiger partial charge is 0.412 e. The lowest BCUT2D eigenvalue weighted by Gasteiger charge is -2.24. The summed E-state index contributed by atoms with van der Waals surface area (Å²) in [5, 5.41) is 2.15. The Morgan fingerprint density at radius 2 is 2.00 bits per heavy atom. The number of benzene rings is 1.